The second-order valence-corrected chi connectivity index (χ2v) is 1.57. The Labute approximate surface area is 82.2 Å². The summed E-state index contributed by atoms with van der Waals surface area (Å²) >= 11 is 0. The molecular formula is C5H8N3NaO. The Hall–Kier alpha value is -0.160. The van der Waals surface area contributed by atoms with Crippen LogP contribution in [0.4, 0.5) is 0 Å². The third-order valence-corrected chi connectivity index (χ3v) is 0.967. The van der Waals surface area contributed by atoms with Gasteiger partial charge < -0.3 is 7.16 Å². The molecular weight excluding hydrogens is 141 g/mol. The van der Waals surface area contributed by atoms with E-state index in [1.807, 2.05) is 0 Å². The normalized spacial score (nSPS) is 8.50. The van der Waals surface area contributed by atoms with E-state index in [9.17, 15) is 4.79 Å². The molecule has 1 heterocycles. The fraction of sp³-hybridized carbons (Fsp3) is 0.200. The van der Waals surface area contributed by atoms with Gasteiger partial charge in [0.15, 0.2) is 0 Å². The zero-order valence-corrected chi connectivity index (χ0v) is 7.82. The van der Waals surface area contributed by atoms with E-state index < -0.39 is 0 Å². The van der Waals surface area contributed by atoms with Crippen molar-refractivity contribution in [2.75, 3.05) is 6.54 Å². The third kappa shape index (κ3) is 2.22. The van der Waals surface area contributed by atoms with E-state index in [1.54, 1.807) is 6.20 Å². The molecule has 1 rings (SSSR count). The summed E-state index contributed by atoms with van der Waals surface area (Å²) in [6.45, 7) is 0.0242. The van der Waals surface area contributed by atoms with Gasteiger partial charge in [-0.1, -0.05) is 0 Å². The van der Waals surface area contributed by atoms with E-state index in [4.69, 9.17) is 5.73 Å². The van der Waals surface area contributed by atoms with Crippen LogP contribution in [0.25, 0.3) is 0 Å². The molecule has 0 aliphatic rings. The van der Waals surface area contributed by atoms with Gasteiger partial charge in [0.25, 0.3) is 0 Å². The molecule has 10 heavy (non-hydrogen) atoms. The number of hydrogen-bond acceptors (Lipinski definition) is 3. The molecule has 0 radical (unpaired) electrons. The molecule has 1 aromatic rings. The SMILES string of the molecule is NCC(=O)n1ccnc1.[H-].[Na+]. The summed E-state index contributed by atoms with van der Waals surface area (Å²) in [6, 6.07) is 0. The van der Waals surface area contributed by atoms with Crippen LogP contribution in [0.3, 0.4) is 0 Å². The average Bonchev–Trinajstić information content (AvgIpc) is 2.37. The molecule has 1 aromatic heterocycles. The Kier molecular flexibility index (Phi) is 4.55. The van der Waals surface area contributed by atoms with Gasteiger partial charge in [-0.2, -0.15) is 0 Å². The molecule has 0 saturated heterocycles. The summed E-state index contributed by atoms with van der Waals surface area (Å²) in [5, 5.41) is 0. The first kappa shape index (κ1) is 9.84. The number of carbonyl (C=O) groups is 1. The molecule has 5 heteroatoms. The molecule has 2 N–H and O–H groups in total. The Morgan fingerprint density at radius 3 is 2.90 bits per heavy atom. The van der Waals surface area contributed by atoms with E-state index >= 15 is 0 Å². The number of carbonyl (C=O) groups excluding carboxylic acids is 1. The number of imidazole rings is 1. The van der Waals surface area contributed by atoms with Gasteiger partial charge in [0, 0.05) is 12.4 Å². The fourth-order valence-electron chi connectivity index (χ4n) is 0.512. The van der Waals surface area contributed by atoms with E-state index in [2.05, 4.69) is 4.98 Å². The minimum atomic E-state index is -0.146. The van der Waals surface area contributed by atoms with Crippen LogP contribution in [0.2, 0.25) is 0 Å². The standard InChI is InChI=1S/C5H7N3O.Na.H/c6-3-5(9)8-2-1-7-4-8;;/h1-2,4H,3,6H2;;/q;+1;-1. The van der Waals surface area contributed by atoms with E-state index in [-0.39, 0.29) is 43.4 Å². The number of hydrogen-bond donors (Lipinski definition) is 1. The van der Waals surface area contributed by atoms with Gasteiger partial charge in [-0.25, -0.2) is 4.98 Å². The van der Waals surface area contributed by atoms with Crippen molar-refractivity contribution in [3.63, 3.8) is 0 Å². The molecule has 0 aliphatic heterocycles. The molecule has 0 spiro atoms. The van der Waals surface area contributed by atoms with E-state index in [0.717, 1.165) is 0 Å². The Morgan fingerprint density at radius 1 is 1.80 bits per heavy atom. The zero-order chi connectivity index (χ0) is 6.69. The van der Waals surface area contributed by atoms with Gasteiger partial charge in [-0.15, -0.1) is 0 Å². The van der Waals surface area contributed by atoms with Gasteiger partial charge in [0.1, 0.15) is 6.33 Å². The fourth-order valence-corrected chi connectivity index (χ4v) is 0.512. The predicted octanol–water partition coefficient (Wildman–Crippen LogP) is -3.40. The maximum absolute atomic E-state index is 10.7. The topological polar surface area (TPSA) is 60.9 Å². The minimum Gasteiger partial charge on any atom is -1.00 e. The van der Waals surface area contributed by atoms with Crippen LogP contribution in [0, 0.1) is 0 Å². The van der Waals surface area contributed by atoms with Crippen molar-refractivity contribution >= 4 is 5.91 Å². The molecule has 0 aromatic carbocycles. The van der Waals surface area contributed by atoms with Crippen molar-refractivity contribution in [2.45, 2.75) is 0 Å². The van der Waals surface area contributed by atoms with Gasteiger partial charge in [-0.05, 0) is 0 Å². The van der Waals surface area contributed by atoms with Gasteiger partial charge in [-0.3, -0.25) is 9.36 Å². The smallest absolute Gasteiger partial charge is 1.00 e. The monoisotopic (exact) mass is 149 g/mol. The molecule has 0 aliphatic carbocycles. The van der Waals surface area contributed by atoms with Crippen LogP contribution in [0.1, 0.15) is 6.22 Å². The third-order valence-electron chi connectivity index (χ3n) is 0.967. The van der Waals surface area contributed by atoms with Crippen molar-refractivity contribution < 1.29 is 35.8 Å². The van der Waals surface area contributed by atoms with Crippen LogP contribution < -0.4 is 35.3 Å². The molecule has 0 amide bonds. The summed E-state index contributed by atoms with van der Waals surface area (Å²) in [5.41, 5.74) is 5.07. The maximum Gasteiger partial charge on any atom is 1.00 e. The first-order valence-corrected chi connectivity index (χ1v) is 2.56. The predicted molar refractivity (Wildman–Crippen MR) is 33.0 cm³/mol. The molecule has 50 valence electrons. The largest absolute Gasteiger partial charge is 1.00 e. The molecule has 0 atom stereocenters. The summed E-state index contributed by atoms with van der Waals surface area (Å²) in [5.74, 6) is -0.146. The summed E-state index contributed by atoms with van der Waals surface area (Å²) in [4.78, 5) is 14.4. The van der Waals surface area contributed by atoms with Gasteiger partial charge in [0.05, 0.1) is 6.54 Å². The van der Waals surface area contributed by atoms with Crippen LogP contribution in [0.5, 0.6) is 0 Å². The van der Waals surface area contributed by atoms with Crippen molar-refractivity contribution in [1.82, 2.24) is 9.55 Å². The molecule has 0 fully saturated rings. The van der Waals surface area contributed by atoms with Crippen molar-refractivity contribution in [1.29, 1.82) is 0 Å². The number of rotatable bonds is 1. The van der Waals surface area contributed by atoms with Gasteiger partial charge >= 0.3 is 29.6 Å². The van der Waals surface area contributed by atoms with Crippen molar-refractivity contribution in [2.24, 2.45) is 5.73 Å². The van der Waals surface area contributed by atoms with E-state index in [1.165, 1.54) is 17.1 Å². The number of nitrogens with two attached hydrogens (primary N) is 1. The first-order chi connectivity index (χ1) is 4.34. The van der Waals surface area contributed by atoms with Crippen LogP contribution in [-0.4, -0.2) is 22.0 Å². The van der Waals surface area contributed by atoms with Gasteiger partial charge in [0.2, 0.25) is 5.91 Å². The van der Waals surface area contributed by atoms with Crippen molar-refractivity contribution in [3.05, 3.63) is 18.7 Å². The Balaban J connectivity index is 0. The molecule has 0 unspecified atom stereocenters. The summed E-state index contributed by atoms with van der Waals surface area (Å²) in [7, 11) is 0. The summed E-state index contributed by atoms with van der Waals surface area (Å²) in [6.07, 6.45) is 4.53. The molecule has 0 saturated carbocycles. The maximum atomic E-state index is 10.7. The van der Waals surface area contributed by atoms with E-state index in [0.29, 0.717) is 0 Å². The summed E-state index contributed by atoms with van der Waals surface area (Å²) < 4.78 is 1.35. The second-order valence-electron chi connectivity index (χ2n) is 1.57. The van der Waals surface area contributed by atoms with Crippen LogP contribution in [-0.2, 0) is 0 Å². The van der Waals surface area contributed by atoms with Crippen LogP contribution in [0.15, 0.2) is 18.7 Å². The zero-order valence-electron chi connectivity index (χ0n) is 6.82. The second kappa shape index (κ2) is 4.62. The first-order valence-electron chi connectivity index (χ1n) is 2.56. The van der Waals surface area contributed by atoms with Crippen LogP contribution >= 0.6 is 0 Å². The Bertz CT molecular complexity index is 202. The quantitative estimate of drug-likeness (QED) is 0.423. The van der Waals surface area contributed by atoms with Crippen molar-refractivity contribution in [3.8, 4) is 0 Å². The molecule has 4 nitrogen and oxygen atoms in total. The minimum absolute atomic E-state index is 0. The molecule has 0 bridgehead atoms. The number of aromatic nitrogens is 2. The number of nitrogens with zero attached hydrogens (tertiary/aromatic N) is 2. The Morgan fingerprint density at radius 2 is 2.50 bits per heavy atom. The average molecular weight is 149 g/mol.